The second kappa shape index (κ2) is 7.51. The van der Waals surface area contributed by atoms with E-state index in [-0.39, 0.29) is 23.7 Å². The van der Waals surface area contributed by atoms with Crippen LogP contribution in [-0.4, -0.2) is 48.1 Å². The van der Waals surface area contributed by atoms with Crippen LogP contribution >= 0.6 is 0 Å². The highest BCUT2D eigenvalue weighted by Gasteiger charge is 2.39. The number of ether oxygens (including phenoxy) is 1. The van der Waals surface area contributed by atoms with Gasteiger partial charge in [-0.15, -0.1) is 0 Å². The molecule has 2 aromatic rings. The van der Waals surface area contributed by atoms with E-state index in [1.54, 1.807) is 23.4 Å². The molecule has 136 valence electrons. The first kappa shape index (κ1) is 17.1. The molecule has 0 spiro atoms. The molecule has 0 bridgehead atoms. The summed E-state index contributed by atoms with van der Waals surface area (Å²) in [5.74, 6) is -0.240. The topological polar surface area (TPSA) is 45.7 Å². The molecule has 2 atom stereocenters. The summed E-state index contributed by atoms with van der Waals surface area (Å²) in [6.07, 6.45) is 3.98. The van der Waals surface area contributed by atoms with Crippen LogP contribution in [0.15, 0.2) is 48.8 Å². The maximum Gasteiger partial charge on any atom is 0.232 e. The van der Waals surface area contributed by atoms with Gasteiger partial charge < -0.3 is 9.64 Å². The number of piperidine rings is 1. The molecular formula is C20H22FN3O2. The summed E-state index contributed by atoms with van der Waals surface area (Å²) in [5, 5.41) is 0. The van der Waals surface area contributed by atoms with Crippen molar-refractivity contribution in [3.63, 3.8) is 0 Å². The van der Waals surface area contributed by atoms with Crippen LogP contribution in [0.4, 0.5) is 10.1 Å². The van der Waals surface area contributed by atoms with E-state index >= 15 is 0 Å². The van der Waals surface area contributed by atoms with E-state index in [0.717, 1.165) is 12.2 Å². The first-order valence-corrected chi connectivity index (χ1v) is 9.01. The predicted molar refractivity (Wildman–Crippen MR) is 96.1 cm³/mol. The number of anilines is 1. The Morgan fingerprint density at radius 3 is 2.88 bits per heavy atom. The van der Waals surface area contributed by atoms with E-state index in [0.29, 0.717) is 38.2 Å². The highest BCUT2D eigenvalue weighted by atomic mass is 19.1. The Morgan fingerprint density at radius 2 is 2.08 bits per heavy atom. The van der Waals surface area contributed by atoms with Crippen molar-refractivity contribution in [2.24, 2.45) is 5.92 Å². The summed E-state index contributed by atoms with van der Waals surface area (Å²) >= 11 is 0. The van der Waals surface area contributed by atoms with Gasteiger partial charge in [0.15, 0.2) is 0 Å². The zero-order chi connectivity index (χ0) is 17.9. The molecule has 5 nitrogen and oxygen atoms in total. The van der Waals surface area contributed by atoms with Crippen molar-refractivity contribution >= 4 is 11.6 Å². The Bertz CT molecular complexity index is 771. The smallest absolute Gasteiger partial charge is 0.232 e. The molecule has 1 aromatic heterocycles. The number of pyridine rings is 1. The summed E-state index contributed by atoms with van der Waals surface area (Å²) in [6, 6.07) is 10.6. The fourth-order valence-electron chi connectivity index (χ4n) is 3.82. The molecule has 2 fully saturated rings. The number of nitrogens with zero attached hydrogens (tertiary/aromatic N) is 3. The minimum atomic E-state index is -0.185. The van der Waals surface area contributed by atoms with Crippen molar-refractivity contribution in [2.45, 2.75) is 19.1 Å². The van der Waals surface area contributed by atoms with Crippen LogP contribution < -0.4 is 4.90 Å². The van der Waals surface area contributed by atoms with Crippen LogP contribution in [0.3, 0.4) is 0 Å². The zero-order valence-corrected chi connectivity index (χ0v) is 14.6. The van der Waals surface area contributed by atoms with Gasteiger partial charge in [0, 0.05) is 31.4 Å². The Balaban J connectivity index is 1.46. The number of benzene rings is 1. The first-order chi connectivity index (χ1) is 12.7. The number of amides is 1. The summed E-state index contributed by atoms with van der Waals surface area (Å²) in [6.45, 7) is 2.97. The molecule has 0 N–H and O–H groups in total. The SMILES string of the molecule is O=C1[C@@H]2CCN(Cc3ccccc3F)C[C@@H]2OCCN1c1cccnc1. The Hall–Kier alpha value is -2.31. The second-order valence-corrected chi connectivity index (χ2v) is 6.83. The molecule has 2 aliphatic heterocycles. The van der Waals surface area contributed by atoms with Crippen LogP contribution in [0.25, 0.3) is 0 Å². The van der Waals surface area contributed by atoms with Crippen LogP contribution in [-0.2, 0) is 16.1 Å². The van der Waals surface area contributed by atoms with Crippen LogP contribution in [0, 0.1) is 11.7 Å². The average Bonchev–Trinajstić information content (AvgIpc) is 2.83. The van der Waals surface area contributed by atoms with E-state index in [1.807, 2.05) is 24.3 Å². The summed E-state index contributed by atoms with van der Waals surface area (Å²) in [4.78, 5) is 21.1. The van der Waals surface area contributed by atoms with E-state index in [4.69, 9.17) is 4.74 Å². The summed E-state index contributed by atoms with van der Waals surface area (Å²) in [7, 11) is 0. The lowest BCUT2D eigenvalue weighted by Gasteiger charge is -2.37. The molecule has 6 heteroatoms. The minimum absolute atomic E-state index is 0.103. The van der Waals surface area contributed by atoms with Crippen molar-refractivity contribution in [3.8, 4) is 0 Å². The Morgan fingerprint density at radius 1 is 1.19 bits per heavy atom. The van der Waals surface area contributed by atoms with Crippen LogP contribution in [0.1, 0.15) is 12.0 Å². The van der Waals surface area contributed by atoms with Gasteiger partial charge in [0.25, 0.3) is 0 Å². The molecule has 0 saturated carbocycles. The molecule has 3 heterocycles. The number of carbonyl (C=O) groups is 1. The Labute approximate surface area is 152 Å². The van der Waals surface area contributed by atoms with E-state index in [2.05, 4.69) is 9.88 Å². The van der Waals surface area contributed by atoms with Gasteiger partial charge in [-0.3, -0.25) is 14.7 Å². The quantitative estimate of drug-likeness (QED) is 0.849. The third kappa shape index (κ3) is 3.48. The molecule has 1 amide bonds. The third-order valence-electron chi connectivity index (χ3n) is 5.18. The van der Waals surface area contributed by atoms with E-state index in [1.165, 1.54) is 6.07 Å². The number of aromatic nitrogens is 1. The van der Waals surface area contributed by atoms with Gasteiger partial charge in [0.2, 0.25) is 5.91 Å². The maximum absolute atomic E-state index is 13.9. The second-order valence-electron chi connectivity index (χ2n) is 6.83. The largest absolute Gasteiger partial charge is 0.374 e. The average molecular weight is 355 g/mol. The lowest BCUT2D eigenvalue weighted by atomic mass is 9.92. The highest BCUT2D eigenvalue weighted by molar-refractivity contribution is 5.95. The normalized spacial score (nSPS) is 24.2. The summed E-state index contributed by atoms with van der Waals surface area (Å²) < 4.78 is 19.9. The number of rotatable bonds is 3. The van der Waals surface area contributed by atoms with E-state index in [9.17, 15) is 9.18 Å². The van der Waals surface area contributed by atoms with Crippen molar-refractivity contribution in [2.75, 3.05) is 31.1 Å². The molecule has 0 radical (unpaired) electrons. The maximum atomic E-state index is 13.9. The molecule has 0 unspecified atom stereocenters. The number of likely N-dealkylation sites (tertiary alicyclic amines) is 1. The van der Waals surface area contributed by atoms with Gasteiger partial charge in [-0.25, -0.2) is 4.39 Å². The highest BCUT2D eigenvalue weighted by Crippen LogP contribution is 2.28. The van der Waals surface area contributed by atoms with Crippen molar-refractivity contribution in [3.05, 3.63) is 60.2 Å². The monoisotopic (exact) mass is 355 g/mol. The standard InChI is InChI=1S/C20H22FN3O2/c21-18-6-2-1-4-15(18)13-23-9-7-17-19(14-23)26-11-10-24(20(17)25)16-5-3-8-22-12-16/h1-6,8,12,17,19H,7,9-11,13-14H2/t17-,19+/m1/s1. The number of hydrogen-bond donors (Lipinski definition) is 0. The molecule has 2 saturated heterocycles. The fourth-order valence-corrected chi connectivity index (χ4v) is 3.82. The molecule has 4 rings (SSSR count). The molecular weight excluding hydrogens is 333 g/mol. The fraction of sp³-hybridized carbons (Fsp3) is 0.400. The first-order valence-electron chi connectivity index (χ1n) is 9.01. The van der Waals surface area contributed by atoms with Gasteiger partial charge >= 0.3 is 0 Å². The van der Waals surface area contributed by atoms with E-state index < -0.39 is 0 Å². The van der Waals surface area contributed by atoms with Crippen molar-refractivity contribution in [1.29, 1.82) is 0 Å². The molecule has 0 aliphatic carbocycles. The van der Waals surface area contributed by atoms with Gasteiger partial charge in [-0.1, -0.05) is 18.2 Å². The number of fused-ring (bicyclic) bond motifs is 1. The lowest BCUT2D eigenvalue weighted by Crippen LogP contribution is -2.49. The predicted octanol–water partition coefficient (Wildman–Crippen LogP) is 2.47. The number of hydrogen-bond acceptors (Lipinski definition) is 4. The van der Waals surface area contributed by atoms with Crippen molar-refractivity contribution < 1.29 is 13.9 Å². The van der Waals surface area contributed by atoms with Gasteiger partial charge in [-0.2, -0.15) is 0 Å². The molecule has 26 heavy (non-hydrogen) atoms. The van der Waals surface area contributed by atoms with Gasteiger partial charge in [0.1, 0.15) is 5.82 Å². The lowest BCUT2D eigenvalue weighted by molar-refractivity contribution is -0.128. The minimum Gasteiger partial charge on any atom is -0.374 e. The van der Waals surface area contributed by atoms with Crippen LogP contribution in [0.2, 0.25) is 0 Å². The number of carbonyl (C=O) groups excluding carboxylic acids is 1. The van der Waals surface area contributed by atoms with Crippen LogP contribution in [0.5, 0.6) is 0 Å². The summed E-state index contributed by atoms with van der Waals surface area (Å²) in [5.41, 5.74) is 1.50. The molecule has 1 aromatic carbocycles. The zero-order valence-electron chi connectivity index (χ0n) is 14.6. The van der Waals surface area contributed by atoms with Gasteiger partial charge in [-0.05, 0) is 31.2 Å². The number of halogens is 1. The van der Waals surface area contributed by atoms with Crippen molar-refractivity contribution in [1.82, 2.24) is 9.88 Å². The van der Waals surface area contributed by atoms with Gasteiger partial charge in [0.05, 0.1) is 30.5 Å². The Kier molecular flexibility index (Phi) is 4.95. The third-order valence-corrected chi connectivity index (χ3v) is 5.18. The molecule has 2 aliphatic rings.